The van der Waals surface area contributed by atoms with Crippen LogP contribution in [0.2, 0.25) is 0 Å². The Balaban J connectivity index is 2.95. The molecule has 4 heteroatoms. The van der Waals surface area contributed by atoms with E-state index < -0.39 is 0 Å². The Morgan fingerprint density at radius 1 is 1.56 bits per heavy atom. The van der Waals surface area contributed by atoms with Crippen LogP contribution in [0, 0.1) is 0 Å². The van der Waals surface area contributed by atoms with Crippen molar-refractivity contribution in [1.82, 2.24) is 5.01 Å². The predicted molar refractivity (Wildman–Crippen MR) is 72.8 cm³/mol. The van der Waals surface area contributed by atoms with Gasteiger partial charge in [-0.1, -0.05) is 12.7 Å². The fourth-order valence-electron chi connectivity index (χ4n) is 1.33. The molecule has 86 valence electrons. The smallest absolute Gasteiger partial charge is 0.0542 e. The molecule has 0 aliphatic rings. The molecule has 0 bridgehead atoms. The van der Waals surface area contributed by atoms with E-state index in [1.54, 1.807) is 17.8 Å². The van der Waals surface area contributed by atoms with Gasteiger partial charge in [-0.15, -0.1) is 18.3 Å². The summed E-state index contributed by atoms with van der Waals surface area (Å²) in [6.45, 7) is 8.10. The number of hydrogen-bond donors (Lipinski definition) is 2. The lowest BCUT2D eigenvalue weighted by Gasteiger charge is -2.20. The largest absolute Gasteiger partial charge is 0.398 e. The van der Waals surface area contributed by atoms with Crippen molar-refractivity contribution >= 4 is 23.1 Å². The molecule has 0 radical (unpaired) electrons. The molecule has 1 rings (SSSR count). The van der Waals surface area contributed by atoms with Crippen LogP contribution in [-0.2, 0) is 0 Å². The zero-order valence-corrected chi connectivity index (χ0v) is 10.3. The Labute approximate surface area is 101 Å². The number of benzene rings is 1. The Hall–Kier alpha value is -1.39. The molecular weight excluding hydrogens is 218 g/mol. The molecule has 0 saturated carbocycles. The minimum atomic E-state index is 0.544. The third-order valence-electron chi connectivity index (χ3n) is 2.24. The first-order chi connectivity index (χ1) is 7.60. The molecule has 0 aliphatic carbocycles. The number of nitrogens with two attached hydrogens (primary N) is 2. The molecule has 0 heterocycles. The number of rotatable bonds is 5. The van der Waals surface area contributed by atoms with Gasteiger partial charge in [0, 0.05) is 16.1 Å². The Morgan fingerprint density at radius 2 is 2.25 bits per heavy atom. The van der Waals surface area contributed by atoms with Gasteiger partial charge < -0.3 is 10.7 Å². The maximum atomic E-state index is 5.95. The molecule has 4 N–H and O–H groups in total. The highest BCUT2D eigenvalue weighted by Gasteiger charge is 2.08. The lowest BCUT2D eigenvalue weighted by atomic mass is 10.1. The van der Waals surface area contributed by atoms with Gasteiger partial charge in [0.15, 0.2) is 0 Å². The number of nitrogen functional groups attached to an aromatic ring is 1. The summed E-state index contributed by atoms with van der Waals surface area (Å²) in [4.78, 5) is 1.13. The number of nitrogens with zero attached hydrogens (tertiary/aromatic N) is 1. The van der Waals surface area contributed by atoms with E-state index >= 15 is 0 Å². The Bertz CT molecular complexity index is 401. The molecule has 0 saturated heterocycles. The van der Waals surface area contributed by atoms with Gasteiger partial charge in [-0.2, -0.15) is 0 Å². The van der Waals surface area contributed by atoms with Crippen molar-refractivity contribution in [3.8, 4) is 0 Å². The van der Waals surface area contributed by atoms with E-state index in [9.17, 15) is 0 Å². The van der Waals surface area contributed by atoms with Crippen LogP contribution >= 0.6 is 11.8 Å². The van der Waals surface area contributed by atoms with E-state index in [2.05, 4.69) is 13.2 Å². The van der Waals surface area contributed by atoms with Crippen LogP contribution in [0.25, 0.3) is 5.70 Å². The summed E-state index contributed by atoms with van der Waals surface area (Å²) in [6.07, 6.45) is 3.73. The van der Waals surface area contributed by atoms with Gasteiger partial charge in [0.1, 0.15) is 0 Å². The first-order valence-corrected chi connectivity index (χ1v) is 6.08. The van der Waals surface area contributed by atoms with E-state index in [1.807, 2.05) is 24.5 Å². The van der Waals surface area contributed by atoms with Gasteiger partial charge in [-0.05, 0) is 24.5 Å². The molecule has 1 aromatic rings. The number of thioether (sulfide) groups is 1. The van der Waals surface area contributed by atoms with Crippen molar-refractivity contribution in [3.63, 3.8) is 0 Å². The standard InChI is InChI=1S/C12H17N3S/c1-4-7-15(14)9(2)11-6-5-10(16-3)8-12(11)13/h4-6,8H,1-2,7,13-14H2,3H3. The van der Waals surface area contributed by atoms with Gasteiger partial charge in [-0.25, -0.2) is 5.84 Å². The average molecular weight is 235 g/mol. The summed E-state index contributed by atoms with van der Waals surface area (Å²) in [7, 11) is 0. The first-order valence-electron chi connectivity index (χ1n) is 4.86. The van der Waals surface area contributed by atoms with E-state index in [0.717, 1.165) is 10.5 Å². The van der Waals surface area contributed by atoms with Gasteiger partial charge in [0.05, 0.1) is 12.2 Å². The molecule has 0 spiro atoms. The van der Waals surface area contributed by atoms with Crippen molar-refractivity contribution in [2.75, 3.05) is 18.5 Å². The van der Waals surface area contributed by atoms with E-state index in [0.29, 0.717) is 17.9 Å². The Kier molecular flexibility index (Phi) is 4.46. The maximum Gasteiger partial charge on any atom is 0.0542 e. The minimum Gasteiger partial charge on any atom is -0.398 e. The summed E-state index contributed by atoms with van der Waals surface area (Å²) in [5.41, 5.74) is 8.20. The van der Waals surface area contributed by atoms with Crippen molar-refractivity contribution in [3.05, 3.63) is 43.0 Å². The SMILES string of the molecule is C=CCN(N)C(=C)c1ccc(SC)cc1N. The molecule has 0 atom stereocenters. The van der Waals surface area contributed by atoms with Crippen LogP contribution in [-0.4, -0.2) is 17.8 Å². The predicted octanol–water partition coefficient (Wildman–Crippen LogP) is 2.32. The van der Waals surface area contributed by atoms with Crippen molar-refractivity contribution < 1.29 is 0 Å². The van der Waals surface area contributed by atoms with Gasteiger partial charge in [-0.3, -0.25) is 0 Å². The van der Waals surface area contributed by atoms with Crippen LogP contribution in [0.1, 0.15) is 5.56 Å². The number of hydrogen-bond acceptors (Lipinski definition) is 4. The number of hydrazine groups is 1. The van der Waals surface area contributed by atoms with Crippen LogP contribution in [0.4, 0.5) is 5.69 Å². The van der Waals surface area contributed by atoms with Crippen LogP contribution in [0.3, 0.4) is 0 Å². The average Bonchev–Trinajstić information content (AvgIpc) is 2.28. The lowest BCUT2D eigenvalue weighted by Crippen LogP contribution is -2.29. The zero-order chi connectivity index (χ0) is 12.1. The lowest BCUT2D eigenvalue weighted by molar-refractivity contribution is 0.465. The highest BCUT2D eigenvalue weighted by Crippen LogP contribution is 2.26. The van der Waals surface area contributed by atoms with E-state index in [-0.39, 0.29) is 0 Å². The van der Waals surface area contributed by atoms with Crippen molar-refractivity contribution in [1.29, 1.82) is 0 Å². The molecule has 1 aromatic carbocycles. The molecule has 0 aromatic heterocycles. The van der Waals surface area contributed by atoms with Crippen LogP contribution < -0.4 is 11.6 Å². The molecule has 0 aliphatic heterocycles. The highest BCUT2D eigenvalue weighted by molar-refractivity contribution is 7.98. The fourth-order valence-corrected chi connectivity index (χ4v) is 1.78. The van der Waals surface area contributed by atoms with E-state index in [1.165, 1.54) is 5.01 Å². The van der Waals surface area contributed by atoms with Gasteiger partial charge >= 0.3 is 0 Å². The first kappa shape index (κ1) is 12.7. The molecule has 0 unspecified atom stereocenters. The van der Waals surface area contributed by atoms with Gasteiger partial charge in [0.2, 0.25) is 0 Å². The monoisotopic (exact) mass is 235 g/mol. The molecule has 16 heavy (non-hydrogen) atoms. The second-order valence-electron chi connectivity index (χ2n) is 3.34. The fraction of sp³-hybridized carbons (Fsp3) is 0.167. The van der Waals surface area contributed by atoms with Crippen LogP contribution in [0.5, 0.6) is 0 Å². The summed E-state index contributed by atoms with van der Waals surface area (Å²) >= 11 is 1.65. The topological polar surface area (TPSA) is 55.3 Å². The highest BCUT2D eigenvalue weighted by atomic mass is 32.2. The summed E-state index contributed by atoms with van der Waals surface area (Å²) in [5, 5.41) is 1.53. The quantitative estimate of drug-likeness (QED) is 0.270. The van der Waals surface area contributed by atoms with Crippen molar-refractivity contribution in [2.24, 2.45) is 5.84 Å². The zero-order valence-electron chi connectivity index (χ0n) is 9.44. The van der Waals surface area contributed by atoms with Gasteiger partial charge in [0.25, 0.3) is 0 Å². The van der Waals surface area contributed by atoms with Crippen LogP contribution in [0.15, 0.2) is 42.3 Å². The summed E-state index contributed by atoms with van der Waals surface area (Å²) in [6, 6.07) is 5.86. The molecular formula is C12H17N3S. The maximum absolute atomic E-state index is 5.95. The minimum absolute atomic E-state index is 0.544. The Morgan fingerprint density at radius 3 is 2.75 bits per heavy atom. The second kappa shape index (κ2) is 5.63. The second-order valence-corrected chi connectivity index (χ2v) is 4.22. The summed E-state index contributed by atoms with van der Waals surface area (Å²) < 4.78 is 0. The van der Waals surface area contributed by atoms with Crippen molar-refractivity contribution in [2.45, 2.75) is 4.90 Å². The molecule has 0 fully saturated rings. The van der Waals surface area contributed by atoms with E-state index in [4.69, 9.17) is 11.6 Å². The third-order valence-corrected chi connectivity index (χ3v) is 2.97. The molecule has 0 amide bonds. The third kappa shape index (κ3) is 2.81. The molecule has 3 nitrogen and oxygen atoms in total. The summed E-state index contributed by atoms with van der Waals surface area (Å²) in [5.74, 6) is 5.80. The normalized spacial score (nSPS) is 9.88. The number of anilines is 1.